The Kier molecular flexibility index (Phi) is 21.3. The van der Waals surface area contributed by atoms with E-state index < -0.39 is 0 Å². The van der Waals surface area contributed by atoms with Crippen molar-refractivity contribution < 1.29 is 0 Å². The van der Waals surface area contributed by atoms with Gasteiger partial charge in [0, 0.05) is 0 Å². The average molecular weight is 367 g/mol. The summed E-state index contributed by atoms with van der Waals surface area (Å²) in [5, 5.41) is 3.31. The summed E-state index contributed by atoms with van der Waals surface area (Å²) in [4.78, 5) is 0. The van der Waals surface area contributed by atoms with Gasteiger partial charge in [0.1, 0.15) is 0 Å². The van der Waals surface area contributed by atoms with Crippen molar-refractivity contribution in [3.63, 3.8) is 0 Å². The van der Waals surface area contributed by atoms with E-state index in [1.807, 2.05) is 0 Å². The average Bonchev–Trinajstić information content (AvgIpc) is 2.63. The standard InChI is InChI=1S/2C12H25.Al.H/c2*1-4-6-8-9-11-12(3)10-7-5-2;;/h2*12H,3-11H2,1-2H3;;. The van der Waals surface area contributed by atoms with Crippen LogP contribution in [-0.2, 0) is 0 Å². The van der Waals surface area contributed by atoms with E-state index in [-0.39, 0.29) is 15.2 Å². The fourth-order valence-electron chi connectivity index (χ4n) is 4.27. The number of rotatable bonds is 20. The fourth-order valence-corrected chi connectivity index (χ4v) is 6.81. The summed E-state index contributed by atoms with van der Waals surface area (Å²) < 4.78 is 0. The normalized spacial score (nSPS) is 13.8. The van der Waals surface area contributed by atoms with Crippen LogP contribution in [0.4, 0.5) is 0 Å². The van der Waals surface area contributed by atoms with E-state index in [1.54, 1.807) is 23.4 Å². The van der Waals surface area contributed by atoms with Gasteiger partial charge in [-0.15, -0.1) is 0 Å². The van der Waals surface area contributed by atoms with Crippen LogP contribution in [0.5, 0.6) is 0 Å². The summed E-state index contributed by atoms with van der Waals surface area (Å²) in [6, 6.07) is 0. The van der Waals surface area contributed by atoms with E-state index in [4.69, 9.17) is 0 Å². The molecule has 0 radical (unpaired) electrons. The minimum atomic E-state index is 0.182. The Balaban J connectivity index is 4.06. The Labute approximate surface area is 168 Å². The van der Waals surface area contributed by atoms with Crippen molar-refractivity contribution in [3.8, 4) is 0 Å². The molecule has 0 fully saturated rings. The molecular formula is C24H51Al. The molecule has 25 heavy (non-hydrogen) atoms. The highest BCUT2D eigenvalue weighted by molar-refractivity contribution is 6.35. The second-order valence-electron chi connectivity index (χ2n) is 8.65. The predicted octanol–water partition coefficient (Wildman–Crippen LogP) is 8.81. The smallest absolute Gasteiger partial charge is 0.0945 e. The molecule has 0 nitrogen and oxygen atoms in total. The van der Waals surface area contributed by atoms with Crippen LogP contribution in [0, 0.1) is 11.8 Å². The lowest BCUT2D eigenvalue weighted by Crippen LogP contribution is -2.09. The fraction of sp³-hybridized carbons (Fsp3) is 1.00. The molecule has 0 spiro atoms. The van der Waals surface area contributed by atoms with Gasteiger partial charge >= 0.3 is 0 Å². The van der Waals surface area contributed by atoms with Crippen LogP contribution in [0.15, 0.2) is 0 Å². The topological polar surface area (TPSA) is 0 Å². The summed E-state index contributed by atoms with van der Waals surface area (Å²) >= 11 is 0.182. The Morgan fingerprint density at radius 1 is 0.440 bits per heavy atom. The predicted molar refractivity (Wildman–Crippen MR) is 120 cm³/mol. The van der Waals surface area contributed by atoms with Gasteiger partial charge in [0.2, 0.25) is 15.2 Å². The molecule has 0 bridgehead atoms. The SMILES string of the molecule is CCCCCCC(CCCC)[CH2][AlH][CH2]C(CCCC)CCCCCC. The van der Waals surface area contributed by atoms with Crippen molar-refractivity contribution in [1.29, 1.82) is 0 Å². The van der Waals surface area contributed by atoms with Gasteiger partial charge in [-0.2, -0.15) is 0 Å². The molecule has 0 heterocycles. The van der Waals surface area contributed by atoms with Crippen LogP contribution in [0.25, 0.3) is 0 Å². The third kappa shape index (κ3) is 17.7. The molecule has 2 unspecified atom stereocenters. The zero-order chi connectivity index (χ0) is 18.6. The lowest BCUT2D eigenvalue weighted by molar-refractivity contribution is 0.430. The Hall–Kier alpha value is 0.532. The third-order valence-electron chi connectivity index (χ3n) is 6.09. The van der Waals surface area contributed by atoms with Gasteiger partial charge in [-0.1, -0.05) is 153 Å². The van der Waals surface area contributed by atoms with Crippen LogP contribution in [-0.4, -0.2) is 15.2 Å². The van der Waals surface area contributed by atoms with Crippen LogP contribution >= 0.6 is 0 Å². The Morgan fingerprint density at radius 2 is 0.800 bits per heavy atom. The number of unbranched alkanes of at least 4 members (excludes halogenated alkanes) is 8. The van der Waals surface area contributed by atoms with E-state index in [0.717, 1.165) is 11.8 Å². The first-order valence-corrected chi connectivity index (χ1v) is 14.3. The maximum absolute atomic E-state index is 2.36. The van der Waals surface area contributed by atoms with E-state index >= 15 is 0 Å². The quantitative estimate of drug-likeness (QED) is 0.149. The van der Waals surface area contributed by atoms with Crippen molar-refractivity contribution >= 4 is 15.2 Å². The van der Waals surface area contributed by atoms with Crippen LogP contribution in [0.2, 0.25) is 10.6 Å². The second kappa shape index (κ2) is 20.8. The Morgan fingerprint density at radius 3 is 1.16 bits per heavy atom. The van der Waals surface area contributed by atoms with Gasteiger partial charge < -0.3 is 0 Å². The minimum absolute atomic E-state index is 0.182. The lowest BCUT2D eigenvalue weighted by atomic mass is 9.96. The molecule has 0 aliphatic rings. The molecule has 0 amide bonds. The zero-order valence-corrected chi connectivity index (χ0v) is 20.0. The highest BCUT2D eigenvalue weighted by atomic mass is 27.1. The van der Waals surface area contributed by atoms with Gasteiger partial charge in [0.05, 0.1) is 0 Å². The van der Waals surface area contributed by atoms with E-state index in [2.05, 4.69) is 27.7 Å². The molecule has 0 aliphatic carbocycles. The van der Waals surface area contributed by atoms with Gasteiger partial charge in [0.15, 0.2) is 0 Å². The maximum Gasteiger partial charge on any atom is 0.237 e. The molecule has 150 valence electrons. The first kappa shape index (κ1) is 25.5. The summed E-state index contributed by atoms with van der Waals surface area (Å²) in [5.41, 5.74) is 0. The maximum atomic E-state index is 2.36. The monoisotopic (exact) mass is 366 g/mol. The molecule has 1 heteroatoms. The number of hydrogen-bond acceptors (Lipinski definition) is 0. The molecular weight excluding hydrogens is 315 g/mol. The summed E-state index contributed by atoms with van der Waals surface area (Å²) in [6.07, 6.45) is 23.5. The largest absolute Gasteiger partial charge is 0.237 e. The van der Waals surface area contributed by atoms with Gasteiger partial charge in [0.25, 0.3) is 0 Å². The van der Waals surface area contributed by atoms with Gasteiger partial charge in [-0.05, 0) is 0 Å². The second-order valence-corrected chi connectivity index (χ2v) is 10.5. The molecule has 0 N–H and O–H groups in total. The zero-order valence-electron chi connectivity index (χ0n) is 18.6. The molecule has 0 aromatic carbocycles. The van der Waals surface area contributed by atoms with Crippen molar-refractivity contribution in [2.24, 2.45) is 11.8 Å². The first-order valence-electron chi connectivity index (χ1n) is 12.3. The minimum Gasteiger partial charge on any atom is -0.0945 e. The Bertz CT molecular complexity index is 214. The first-order chi connectivity index (χ1) is 12.3. The molecule has 0 aliphatic heterocycles. The summed E-state index contributed by atoms with van der Waals surface area (Å²) in [6.45, 7) is 9.39. The van der Waals surface area contributed by atoms with E-state index in [9.17, 15) is 0 Å². The van der Waals surface area contributed by atoms with Crippen molar-refractivity contribution in [2.45, 2.75) is 141 Å². The highest BCUT2D eigenvalue weighted by Crippen LogP contribution is 2.25. The van der Waals surface area contributed by atoms with Crippen molar-refractivity contribution in [2.75, 3.05) is 0 Å². The third-order valence-corrected chi connectivity index (χ3v) is 8.54. The summed E-state index contributed by atoms with van der Waals surface area (Å²) in [5.74, 6) is 2.19. The lowest BCUT2D eigenvalue weighted by Gasteiger charge is -2.19. The van der Waals surface area contributed by atoms with Crippen molar-refractivity contribution in [3.05, 3.63) is 0 Å². The number of hydrogen-bond donors (Lipinski definition) is 0. The molecule has 2 atom stereocenters. The van der Waals surface area contributed by atoms with Crippen LogP contribution in [0.1, 0.15) is 130 Å². The molecule has 0 aromatic rings. The molecule has 0 aromatic heterocycles. The van der Waals surface area contributed by atoms with E-state index in [1.165, 1.54) is 89.9 Å². The molecule has 0 rings (SSSR count). The molecule has 0 saturated heterocycles. The van der Waals surface area contributed by atoms with Crippen LogP contribution in [0.3, 0.4) is 0 Å². The van der Waals surface area contributed by atoms with Crippen molar-refractivity contribution in [1.82, 2.24) is 0 Å². The van der Waals surface area contributed by atoms with Gasteiger partial charge in [-0.3, -0.25) is 0 Å². The summed E-state index contributed by atoms with van der Waals surface area (Å²) in [7, 11) is 0. The van der Waals surface area contributed by atoms with E-state index in [0.29, 0.717) is 0 Å². The molecule has 0 saturated carbocycles. The van der Waals surface area contributed by atoms with Crippen LogP contribution < -0.4 is 0 Å². The van der Waals surface area contributed by atoms with Gasteiger partial charge in [-0.25, -0.2) is 0 Å². The highest BCUT2D eigenvalue weighted by Gasteiger charge is 2.13.